The second kappa shape index (κ2) is 4.57. The van der Waals surface area contributed by atoms with Crippen LogP contribution >= 0.6 is 0 Å². The first-order valence-corrected chi connectivity index (χ1v) is 6.70. The Balaban J connectivity index is 1.80. The van der Waals surface area contributed by atoms with Gasteiger partial charge in [0.1, 0.15) is 0 Å². The molecule has 0 saturated carbocycles. The monoisotopic (exact) mass is 254 g/mol. The van der Waals surface area contributed by atoms with E-state index in [0.29, 0.717) is 0 Å². The minimum Gasteiger partial charge on any atom is -0.362 e. The Morgan fingerprint density at radius 3 is 2.84 bits per heavy atom. The summed E-state index contributed by atoms with van der Waals surface area (Å²) in [7, 11) is 0. The molecule has 2 N–H and O–H groups in total. The van der Waals surface area contributed by atoms with Crippen molar-refractivity contribution < 1.29 is 4.79 Å². The molecule has 1 aromatic carbocycles. The van der Waals surface area contributed by atoms with Crippen molar-refractivity contribution in [3.8, 4) is 0 Å². The van der Waals surface area contributed by atoms with Crippen LogP contribution in [0.2, 0.25) is 0 Å². The molecule has 98 valence electrons. The van der Waals surface area contributed by atoms with Crippen molar-refractivity contribution in [2.45, 2.75) is 32.7 Å². The molecule has 0 spiro atoms. The number of H-pyrrole nitrogens is 1. The number of aromatic amines is 1. The summed E-state index contributed by atoms with van der Waals surface area (Å²) in [5.74, 6) is 0.0172. The summed E-state index contributed by atoms with van der Waals surface area (Å²) in [6.07, 6.45) is 2.04. The van der Waals surface area contributed by atoms with Gasteiger partial charge in [0.05, 0.1) is 11.6 Å². The van der Waals surface area contributed by atoms with E-state index in [-0.39, 0.29) is 11.9 Å². The lowest BCUT2D eigenvalue weighted by Crippen LogP contribution is -2.27. The Morgan fingerprint density at radius 1 is 1.32 bits per heavy atom. The molecule has 1 atom stereocenters. The van der Waals surface area contributed by atoms with E-state index in [1.165, 1.54) is 11.1 Å². The second-order valence-electron chi connectivity index (χ2n) is 5.25. The fraction of sp³-hybridized carbons (Fsp3) is 0.312. The van der Waals surface area contributed by atoms with Gasteiger partial charge in [-0.1, -0.05) is 24.3 Å². The predicted molar refractivity (Wildman–Crippen MR) is 75.2 cm³/mol. The van der Waals surface area contributed by atoms with Crippen molar-refractivity contribution in [3.05, 3.63) is 58.4 Å². The van der Waals surface area contributed by atoms with Crippen LogP contribution in [0, 0.1) is 13.8 Å². The third-order valence-corrected chi connectivity index (χ3v) is 3.83. The van der Waals surface area contributed by atoms with E-state index in [9.17, 15) is 4.79 Å². The molecule has 0 bridgehead atoms. The lowest BCUT2D eigenvalue weighted by atomic mass is 10.1. The number of amides is 1. The molecule has 0 fully saturated rings. The van der Waals surface area contributed by atoms with Gasteiger partial charge < -0.3 is 10.3 Å². The summed E-state index contributed by atoms with van der Waals surface area (Å²) in [5.41, 5.74) is 5.33. The minimum absolute atomic E-state index is 0.0172. The summed E-state index contributed by atoms with van der Waals surface area (Å²) in [6.45, 7) is 3.90. The highest BCUT2D eigenvalue weighted by Crippen LogP contribution is 2.31. The van der Waals surface area contributed by atoms with E-state index in [4.69, 9.17) is 0 Å². The van der Waals surface area contributed by atoms with Crippen molar-refractivity contribution in [2.24, 2.45) is 0 Å². The van der Waals surface area contributed by atoms with Crippen molar-refractivity contribution in [2.75, 3.05) is 0 Å². The van der Waals surface area contributed by atoms with Gasteiger partial charge in [-0.15, -0.1) is 0 Å². The van der Waals surface area contributed by atoms with Crippen molar-refractivity contribution in [3.63, 3.8) is 0 Å². The Morgan fingerprint density at radius 2 is 2.11 bits per heavy atom. The molecule has 19 heavy (non-hydrogen) atoms. The average molecular weight is 254 g/mol. The van der Waals surface area contributed by atoms with Crippen molar-refractivity contribution in [1.29, 1.82) is 0 Å². The fourth-order valence-electron chi connectivity index (χ4n) is 2.90. The van der Waals surface area contributed by atoms with Gasteiger partial charge in [-0.2, -0.15) is 0 Å². The molecule has 1 unspecified atom stereocenters. The minimum atomic E-state index is 0.0172. The van der Waals surface area contributed by atoms with E-state index in [0.717, 1.165) is 29.8 Å². The molecule has 0 saturated heterocycles. The van der Waals surface area contributed by atoms with Crippen LogP contribution in [-0.2, 0) is 6.42 Å². The average Bonchev–Trinajstić information content (AvgIpc) is 2.94. The molecule has 1 heterocycles. The molecule has 3 heteroatoms. The Hall–Kier alpha value is -2.03. The molecule has 0 radical (unpaired) electrons. The van der Waals surface area contributed by atoms with Crippen LogP contribution in [0.5, 0.6) is 0 Å². The zero-order valence-electron chi connectivity index (χ0n) is 11.3. The van der Waals surface area contributed by atoms with Crippen molar-refractivity contribution >= 4 is 5.91 Å². The van der Waals surface area contributed by atoms with Crippen LogP contribution in [0.3, 0.4) is 0 Å². The second-order valence-corrected chi connectivity index (χ2v) is 5.25. The number of rotatable bonds is 2. The van der Waals surface area contributed by atoms with Gasteiger partial charge in [0.25, 0.3) is 5.91 Å². The summed E-state index contributed by atoms with van der Waals surface area (Å²) in [6, 6.07) is 10.4. The summed E-state index contributed by atoms with van der Waals surface area (Å²) < 4.78 is 0. The number of hydrogen-bond acceptors (Lipinski definition) is 1. The molecule has 3 nitrogen and oxygen atoms in total. The number of nitrogens with one attached hydrogen (secondary N) is 2. The van der Waals surface area contributed by atoms with Crippen LogP contribution in [0.4, 0.5) is 0 Å². The highest BCUT2D eigenvalue weighted by molar-refractivity contribution is 5.95. The smallest absolute Gasteiger partial charge is 0.253 e. The number of hydrogen-bond donors (Lipinski definition) is 2. The molecule has 1 aromatic heterocycles. The SMILES string of the molecule is Cc1cc(C(=O)NC2CCc3ccccc32)c(C)[nH]1. The largest absolute Gasteiger partial charge is 0.362 e. The van der Waals surface area contributed by atoms with Gasteiger partial charge >= 0.3 is 0 Å². The lowest BCUT2D eigenvalue weighted by molar-refractivity contribution is 0.0936. The van der Waals surface area contributed by atoms with Crippen LogP contribution in [0.15, 0.2) is 30.3 Å². The molecular formula is C16H18N2O. The summed E-state index contributed by atoms with van der Waals surface area (Å²) >= 11 is 0. The third-order valence-electron chi connectivity index (χ3n) is 3.83. The standard InChI is InChI=1S/C16H18N2O/c1-10-9-14(11(2)17-10)16(19)18-15-8-7-12-5-3-4-6-13(12)15/h3-6,9,15,17H,7-8H2,1-2H3,(H,18,19). The topological polar surface area (TPSA) is 44.9 Å². The van der Waals surface area contributed by atoms with Gasteiger partial charge in [0.2, 0.25) is 0 Å². The molecule has 0 aliphatic heterocycles. The molecule has 1 amide bonds. The van der Waals surface area contributed by atoms with Gasteiger partial charge in [0, 0.05) is 11.4 Å². The number of carbonyl (C=O) groups excluding carboxylic acids is 1. The molecule has 3 rings (SSSR count). The van der Waals surface area contributed by atoms with Crippen LogP contribution < -0.4 is 5.32 Å². The van der Waals surface area contributed by atoms with Crippen LogP contribution in [0.1, 0.15) is 45.3 Å². The van der Waals surface area contributed by atoms with Crippen LogP contribution in [-0.4, -0.2) is 10.9 Å². The van der Waals surface area contributed by atoms with E-state index in [2.05, 4.69) is 28.5 Å². The summed E-state index contributed by atoms with van der Waals surface area (Å²) in [4.78, 5) is 15.5. The third kappa shape index (κ3) is 2.16. The summed E-state index contributed by atoms with van der Waals surface area (Å²) in [5, 5.41) is 3.15. The zero-order chi connectivity index (χ0) is 13.4. The van der Waals surface area contributed by atoms with Gasteiger partial charge in [-0.3, -0.25) is 4.79 Å². The number of benzene rings is 1. The van der Waals surface area contributed by atoms with E-state index < -0.39 is 0 Å². The molecule has 2 aromatic rings. The highest BCUT2D eigenvalue weighted by atomic mass is 16.1. The predicted octanol–water partition coefficient (Wildman–Crippen LogP) is 3.05. The molecular weight excluding hydrogens is 236 g/mol. The number of fused-ring (bicyclic) bond motifs is 1. The first-order chi connectivity index (χ1) is 9.15. The zero-order valence-corrected chi connectivity index (χ0v) is 11.3. The molecule has 1 aliphatic carbocycles. The van der Waals surface area contributed by atoms with E-state index in [1.807, 2.05) is 26.0 Å². The first-order valence-electron chi connectivity index (χ1n) is 6.70. The Bertz CT molecular complexity index is 627. The quantitative estimate of drug-likeness (QED) is 0.850. The normalized spacial score (nSPS) is 17.3. The number of carbonyl (C=O) groups is 1. The Labute approximate surface area is 113 Å². The molecule has 1 aliphatic rings. The van der Waals surface area contributed by atoms with Crippen molar-refractivity contribution in [1.82, 2.24) is 10.3 Å². The first kappa shape index (κ1) is 12.0. The maximum absolute atomic E-state index is 12.3. The van der Waals surface area contributed by atoms with E-state index >= 15 is 0 Å². The van der Waals surface area contributed by atoms with E-state index in [1.54, 1.807) is 0 Å². The van der Waals surface area contributed by atoms with Gasteiger partial charge in [0.15, 0.2) is 0 Å². The van der Waals surface area contributed by atoms with Gasteiger partial charge in [-0.05, 0) is 43.9 Å². The number of aryl methyl sites for hydroxylation is 3. The van der Waals surface area contributed by atoms with Crippen LogP contribution in [0.25, 0.3) is 0 Å². The fourth-order valence-corrected chi connectivity index (χ4v) is 2.90. The van der Waals surface area contributed by atoms with Gasteiger partial charge in [-0.25, -0.2) is 0 Å². The highest BCUT2D eigenvalue weighted by Gasteiger charge is 2.24. The maximum atomic E-state index is 12.3. The maximum Gasteiger partial charge on any atom is 0.253 e. The number of aromatic nitrogens is 1. The Kier molecular flexibility index (Phi) is 2.90. The lowest BCUT2D eigenvalue weighted by Gasteiger charge is -2.13.